The molecule has 0 atom stereocenters. The molecule has 2 heterocycles. The van der Waals surface area contributed by atoms with Crippen molar-refractivity contribution in [1.82, 2.24) is 15.3 Å². The number of pyridine rings is 1. The van der Waals surface area contributed by atoms with Crippen LogP contribution in [0, 0.1) is 18.6 Å². The maximum Gasteiger partial charge on any atom is 0.254 e. The van der Waals surface area contributed by atoms with Gasteiger partial charge < -0.3 is 5.32 Å². The normalized spacial score (nSPS) is 10.6. The van der Waals surface area contributed by atoms with E-state index >= 15 is 0 Å². The molecule has 0 aliphatic heterocycles. The van der Waals surface area contributed by atoms with Crippen molar-refractivity contribution in [3.63, 3.8) is 0 Å². The predicted molar refractivity (Wildman–Crippen MR) is 87.6 cm³/mol. The zero-order valence-electron chi connectivity index (χ0n) is 12.7. The number of nitrogens with one attached hydrogen (secondary N) is 1. The minimum absolute atomic E-state index is 0.189. The van der Waals surface area contributed by atoms with Crippen molar-refractivity contribution < 1.29 is 13.6 Å². The highest BCUT2D eigenvalue weighted by Gasteiger charge is 2.14. The van der Waals surface area contributed by atoms with Crippen LogP contribution in [0.15, 0.2) is 42.7 Å². The summed E-state index contributed by atoms with van der Waals surface area (Å²) < 4.78 is 26.5. The molecule has 1 N–H and O–H groups in total. The molecule has 0 saturated carbocycles. The molecule has 0 fully saturated rings. The average Bonchev–Trinajstić information content (AvgIpc) is 2.94. The van der Waals surface area contributed by atoms with Crippen LogP contribution in [0.3, 0.4) is 0 Å². The van der Waals surface area contributed by atoms with Crippen LogP contribution < -0.4 is 5.32 Å². The lowest BCUT2D eigenvalue weighted by molar-refractivity contribution is 0.0947. The van der Waals surface area contributed by atoms with Gasteiger partial charge in [-0.2, -0.15) is 0 Å². The van der Waals surface area contributed by atoms with Gasteiger partial charge in [-0.25, -0.2) is 13.8 Å². The van der Waals surface area contributed by atoms with E-state index in [2.05, 4.69) is 15.3 Å². The number of aryl methyl sites for hydroxylation is 1. The second-order valence-electron chi connectivity index (χ2n) is 5.08. The van der Waals surface area contributed by atoms with E-state index in [1.807, 2.05) is 19.1 Å². The lowest BCUT2D eigenvalue weighted by atomic mass is 10.2. The van der Waals surface area contributed by atoms with E-state index in [-0.39, 0.29) is 12.1 Å². The molecule has 0 aliphatic carbocycles. The molecule has 4 nitrogen and oxygen atoms in total. The smallest absolute Gasteiger partial charge is 0.254 e. The summed E-state index contributed by atoms with van der Waals surface area (Å²) in [5, 5.41) is 3.44. The summed E-state index contributed by atoms with van der Waals surface area (Å²) in [6.45, 7) is 2.07. The van der Waals surface area contributed by atoms with Gasteiger partial charge in [0.15, 0.2) is 0 Å². The number of aromatic nitrogens is 2. The SMILES string of the molecule is Cc1nc(-c2cccnc2)sc1CNC(=O)c1ccc(F)cc1F. The van der Waals surface area contributed by atoms with E-state index in [4.69, 9.17) is 0 Å². The first-order valence-electron chi connectivity index (χ1n) is 7.14. The van der Waals surface area contributed by atoms with Gasteiger partial charge in [-0.1, -0.05) is 0 Å². The minimum Gasteiger partial charge on any atom is -0.347 e. The van der Waals surface area contributed by atoms with Crippen LogP contribution in [-0.2, 0) is 6.54 Å². The highest BCUT2D eigenvalue weighted by atomic mass is 32.1. The number of carbonyl (C=O) groups excluding carboxylic acids is 1. The highest BCUT2D eigenvalue weighted by molar-refractivity contribution is 7.15. The Morgan fingerprint density at radius 1 is 1.29 bits per heavy atom. The van der Waals surface area contributed by atoms with Gasteiger partial charge in [0.1, 0.15) is 16.6 Å². The van der Waals surface area contributed by atoms with Gasteiger partial charge in [0.2, 0.25) is 0 Å². The molecule has 0 radical (unpaired) electrons. The molecule has 24 heavy (non-hydrogen) atoms. The van der Waals surface area contributed by atoms with Crippen LogP contribution in [-0.4, -0.2) is 15.9 Å². The number of hydrogen-bond acceptors (Lipinski definition) is 4. The number of hydrogen-bond donors (Lipinski definition) is 1. The molecule has 2 aromatic heterocycles. The van der Waals surface area contributed by atoms with Crippen molar-refractivity contribution in [2.75, 3.05) is 0 Å². The summed E-state index contributed by atoms with van der Waals surface area (Å²) in [6.07, 6.45) is 3.40. The lowest BCUT2D eigenvalue weighted by Gasteiger charge is -2.05. The molecule has 3 aromatic rings. The van der Waals surface area contributed by atoms with E-state index in [1.165, 1.54) is 11.3 Å². The summed E-state index contributed by atoms with van der Waals surface area (Å²) in [5.74, 6) is -2.20. The van der Waals surface area contributed by atoms with Crippen molar-refractivity contribution >= 4 is 17.2 Å². The van der Waals surface area contributed by atoms with Crippen molar-refractivity contribution in [3.8, 4) is 10.6 Å². The number of amides is 1. The van der Waals surface area contributed by atoms with E-state index in [0.29, 0.717) is 6.07 Å². The molecular formula is C17H13F2N3OS. The monoisotopic (exact) mass is 345 g/mol. The van der Waals surface area contributed by atoms with Crippen LogP contribution in [0.1, 0.15) is 20.9 Å². The van der Waals surface area contributed by atoms with Crippen LogP contribution in [0.4, 0.5) is 8.78 Å². The Balaban J connectivity index is 1.73. The summed E-state index contributed by atoms with van der Waals surface area (Å²) in [4.78, 5) is 21.4. The van der Waals surface area contributed by atoms with Crippen LogP contribution >= 0.6 is 11.3 Å². The summed E-state index contributed by atoms with van der Waals surface area (Å²) in [7, 11) is 0. The standard InChI is InChI=1S/C17H13F2N3OS/c1-10-15(24-17(22-10)11-3-2-6-20-8-11)9-21-16(23)13-5-4-12(18)7-14(13)19/h2-8H,9H2,1H3,(H,21,23). The molecule has 0 unspecified atom stereocenters. The Morgan fingerprint density at radius 2 is 2.12 bits per heavy atom. The van der Waals surface area contributed by atoms with Gasteiger partial charge in [0.25, 0.3) is 5.91 Å². The first kappa shape index (κ1) is 16.2. The first-order chi connectivity index (χ1) is 11.5. The predicted octanol–water partition coefficient (Wildman–Crippen LogP) is 3.72. The lowest BCUT2D eigenvalue weighted by Crippen LogP contribution is -2.23. The number of carbonyl (C=O) groups is 1. The van der Waals surface area contributed by atoms with E-state index < -0.39 is 17.5 Å². The molecule has 0 saturated heterocycles. The first-order valence-corrected chi connectivity index (χ1v) is 7.96. The number of nitrogens with zero attached hydrogens (tertiary/aromatic N) is 2. The quantitative estimate of drug-likeness (QED) is 0.784. The van der Waals surface area contributed by atoms with Gasteiger partial charge in [-0.05, 0) is 31.2 Å². The summed E-state index contributed by atoms with van der Waals surface area (Å²) in [5.41, 5.74) is 1.50. The second-order valence-corrected chi connectivity index (χ2v) is 6.16. The molecule has 0 aliphatic rings. The fourth-order valence-electron chi connectivity index (χ4n) is 2.13. The topological polar surface area (TPSA) is 54.9 Å². The third kappa shape index (κ3) is 3.46. The van der Waals surface area contributed by atoms with Crippen LogP contribution in [0.5, 0.6) is 0 Å². The molecule has 1 amide bonds. The zero-order valence-corrected chi connectivity index (χ0v) is 13.5. The molecule has 0 spiro atoms. The number of benzene rings is 1. The van der Waals surface area contributed by atoms with Crippen LogP contribution in [0.25, 0.3) is 10.6 Å². The number of halogens is 2. The average molecular weight is 345 g/mol. The Labute approximate surface area is 141 Å². The largest absolute Gasteiger partial charge is 0.347 e. The second kappa shape index (κ2) is 6.84. The molecule has 3 rings (SSSR count). The molecular weight excluding hydrogens is 332 g/mol. The minimum atomic E-state index is -0.885. The number of thiazole rings is 1. The van der Waals surface area contributed by atoms with Crippen LogP contribution in [0.2, 0.25) is 0 Å². The Bertz CT molecular complexity index is 881. The van der Waals surface area contributed by atoms with Gasteiger partial charge >= 0.3 is 0 Å². The number of rotatable bonds is 4. The Hall–Kier alpha value is -2.67. The fraction of sp³-hybridized carbons (Fsp3) is 0.118. The van der Waals surface area contributed by atoms with Gasteiger partial charge in [-0.15, -0.1) is 11.3 Å². The Kier molecular flexibility index (Phi) is 4.61. The Morgan fingerprint density at radius 3 is 2.83 bits per heavy atom. The third-order valence-electron chi connectivity index (χ3n) is 3.39. The van der Waals surface area contributed by atoms with Crippen molar-refractivity contribution in [2.24, 2.45) is 0 Å². The van der Waals surface area contributed by atoms with Crippen molar-refractivity contribution in [1.29, 1.82) is 0 Å². The van der Waals surface area contributed by atoms with Gasteiger partial charge in [-0.3, -0.25) is 9.78 Å². The molecule has 7 heteroatoms. The highest BCUT2D eigenvalue weighted by Crippen LogP contribution is 2.27. The third-order valence-corrected chi connectivity index (χ3v) is 4.59. The van der Waals surface area contributed by atoms with Gasteiger partial charge in [0, 0.05) is 28.9 Å². The van der Waals surface area contributed by atoms with E-state index in [9.17, 15) is 13.6 Å². The van der Waals surface area contributed by atoms with E-state index in [1.54, 1.807) is 12.4 Å². The zero-order chi connectivity index (χ0) is 17.1. The molecule has 122 valence electrons. The maximum absolute atomic E-state index is 13.6. The van der Waals surface area contributed by atoms with E-state index in [0.717, 1.165) is 33.3 Å². The van der Waals surface area contributed by atoms with Crippen molar-refractivity contribution in [3.05, 3.63) is 70.5 Å². The summed E-state index contributed by atoms with van der Waals surface area (Å²) in [6, 6.07) is 6.59. The maximum atomic E-state index is 13.6. The van der Waals surface area contributed by atoms with Crippen molar-refractivity contribution in [2.45, 2.75) is 13.5 Å². The fourth-order valence-corrected chi connectivity index (χ4v) is 3.13. The molecule has 1 aromatic carbocycles. The summed E-state index contributed by atoms with van der Waals surface area (Å²) >= 11 is 1.44. The van der Waals surface area contributed by atoms with Gasteiger partial charge in [0.05, 0.1) is 17.8 Å². The molecule has 0 bridgehead atoms.